The standard InChI is InChI=1S/C16H18BrNO/c17-16-7-2-1-5-14(16)9-13(11-18)8-12-4-3-6-15(19)10-12/h1-7,10,13,19H,8-9,11,18H2. The zero-order valence-electron chi connectivity index (χ0n) is 10.7. The van der Waals surface area contributed by atoms with Crippen molar-refractivity contribution >= 4 is 15.9 Å². The van der Waals surface area contributed by atoms with Gasteiger partial charge in [-0.05, 0) is 54.6 Å². The molecule has 19 heavy (non-hydrogen) atoms. The smallest absolute Gasteiger partial charge is 0.115 e. The highest BCUT2D eigenvalue weighted by atomic mass is 79.9. The van der Waals surface area contributed by atoms with Crippen molar-refractivity contribution in [1.82, 2.24) is 0 Å². The van der Waals surface area contributed by atoms with Gasteiger partial charge in [0, 0.05) is 4.47 Å². The van der Waals surface area contributed by atoms with E-state index in [1.807, 2.05) is 30.3 Å². The molecule has 0 spiro atoms. The molecule has 2 rings (SSSR count). The highest BCUT2D eigenvalue weighted by Crippen LogP contribution is 2.22. The minimum Gasteiger partial charge on any atom is -0.508 e. The van der Waals surface area contributed by atoms with Crippen molar-refractivity contribution in [2.75, 3.05) is 6.54 Å². The number of benzene rings is 2. The van der Waals surface area contributed by atoms with Crippen LogP contribution in [-0.4, -0.2) is 11.7 Å². The fourth-order valence-electron chi connectivity index (χ4n) is 2.23. The zero-order valence-corrected chi connectivity index (χ0v) is 12.3. The molecule has 0 amide bonds. The molecule has 1 unspecified atom stereocenters. The van der Waals surface area contributed by atoms with Gasteiger partial charge in [-0.15, -0.1) is 0 Å². The van der Waals surface area contributed by atoms with Gasteiger partial charge in [-0.3, -0.25) is 0 Å². The summed E-state index contributed by atoms with van der Waals surface area (Å²) in [5, 5.41) is 9.49. The Labute approximate surface area is 122 Å². The molecular weight excluding hydrogens is 302 g/mol. The lowest BCUT2D eigenvalue weighted by Gasteiger charge is -2.16. The van der Waals surface area contributed by atoms with Crippen LogP contribution in [-0.2, 0) is 12.8 Å². The molecule has 0 heterocycles. The molecule has 2 nitrogen and oxygen atoms in total. The Morgan fingerprint density at radius 3 is 2.53 bits per heavy atom. The van der Waals surface area contributed by atoms with Crippen molar-refractivity contribution in [2.24, 2.45) is 11.7 Å². The van der Waals surface area contributed by atoms with Crippen LogP contribution in [0.2, 0.25) is 0 Å². The molecule has 0 aliphatic heterocycles. The van der Waals surface area contributed by atoms with Crippen molar-refractivity contribution < 1.29 is 5.11 Å². The van der Waals surface area contributed by atoms with Gasteiger partial charge >= 0.3 is 0 Å². The topological polar surface area (TPSA) is 46.2 Å². The Hall–Kier alpha value is -1.32. The SMILES string of the molecule is NCC(Cc1cccc(O)c1)Cc1ccccc1Br. The number of rotatable bonds is 5. The molecule has 2 aromatic rings. The quantitative estimate of drug-likeness (QED) is 0.885. The van der Waals surface area contributed by atoms with Gasteiger partial charge in [-0.25, -0.2) is 0 Å². The van der Waals surface area contributed by atoms with Crippen LogP contribution in [0.3, 0.4) is 0 Å². The van der Waals surface area contributed by atoms with Crippen molar-refractivity contribution in [2.45, 2.75) is 12.8 Å². The first-order valence-electron chi connectivity index (χ1n) is 6.40. The first-order chi connectivity index (χ1) is 9.19. The van der Waals surface area contributed by atoms with Gasteiger partial charge in [-0.2, -0.15) is 0 Å². The highest BCUT2D eigenvalue weighted by Gasteiger charge is 2.11. The molecule has 0 saturated carbocycles. The summed E-state index contributed by atoms with van der Waals surface area (Å²) in [5.41, 5.74) is 8.28. The lowest BCUT2D eigenvalue weighted by atomic mass is 9.92. The Bertz CT molecular complexity index is 542. The van der Waals surface area contributed by atoms with Crippen molar-refractivity contribution in [3.05, 3.63) is 64.1 Å². The van der Waals surface area contributed by atoms with Crippen molar-refractivity contribution in [3.63, 3.8) is 0 Å². The first kappa shape index (κ1) is 14.1. The van der Waals surface area contributed by atoms with Crippen LogP contribution in [0.1, 0.15) is 11.1 Å². The number of aromatic hydroxyl groups is 1. The molecule has 0 bridgehead atoms. The largest absolute Gasteiger partial charge is 0.508 e. The van der Waals surface area contributed by atoms with E-state index in [1.165, 1.54) is 5.56 Å². The van der Waals surface area contributed by atoms with E-state index in [4.69, 9.17) is 5.73 Å². The van der Waals surface area contributed by atoms with Gasteiger partial charge in [0.1, 0.15) is 5.75 Å². The lowest BCUT2D eigenvalue weighted by Crippen LogP contribution is -2.19. The molecule has 2 aromatic carbocycles. The van der Waals surface area contributed by atoms with E-state index in [-0.39, 0.29) is 0 Å². The molecule has 3 N–H and O–H groups in total. The maximum absolute atomic E-state index is 9.49. The number of nitrogens with two attached hydrogens (primary N) is 1. The summed E-state index contributed by atoms with van der Waals surface area (Å²) in [6.45, 7) is 0.636. The number of hydrogen-bond acceptors (Lipinski definition) is 2. The Balaban J connectivity index is 2.07. The third-order valence-electron chi connectivity index (χ3n) is 3.23. The molecule has 0 aliphatic rings. The Kier molecular flexibility index (Phi) is 5.00. The van der Waals surface area contributed by atoms with Crippen molar-refractivity contribution in [3.8, 4) is 5.75 Å². The predicted molar refractivity (Wildman–Crippen MR) is 82.2 cm³/mol. The predicted octanol–water partition coefficient (Wildman–Crippen LogP) is 3.51. The number of phenols is 1. The van der Waals surface area contributed by atoms with Crippen LogP contribution in [0.5, 0.6) is 5.75 Å². The summed E-state index contributed by atoms with van der Waals surface area (Å²) in [6, 6.07) is 15.6. The fourth-order valence-corrected chi connectivity index (χ4v) is 2.68. The van der Waals surface area contributed by atoms with Crippen LogP contribution in [0.15, 0.2) is 53.0 Å². The van der Waals surface area contributed by atoms with Gasteiger partial charge in [0.15, 0.2) is 0 Å². The third kappa shape index (κ3) is 4.08. The molecular formula is C16H18BrNO. The van der Waals surface area contributed by atoms with Gasteiger partial charge in [-0.1, -0.05) is 46.3 Å². The van der Waals surface area contributed by atoms with Crippen LogP contribution < -0.4 is 5.73 Å². The number of phenolic OH excluding ortho intramolecular Hbond substituents is 1. The van der Waals surface area contributed by atoms with Gasteiger partial charge in [0.25, 0.3) is 0 Å². The van der Waals surface area contributed by atoms with E-state index >= 15 is 0 Å². The average molecular weight is 320 g/mol. The Morgan fingerprint density at radius 1 is 1.05 bits per heavy atom. The van der Waals surface area contributed by atoms with Gasteiger partial charge in [0.05, 0.1) is 0 Å². The van der Waals surface area contributed by atoms with Crippen LogP contribution in [0.25, 0.3) is 0 Å². The van der Waals surface area contributed by atoms with E-state index < -0.39 is 0 Å². The summed E-state index contributed by atoms with van der Waals surface area (Å²) >= 11 is 3.57. The third-order valence-corrected chi connectivity index (χ3v) is 4.01. The van der Waals surface area contributed by atoms with Crippen LogP contribution >= 0.6 is 15.9 Å². The minimum atomic E-state index is 0.314. The summed E-state index contributed by atoms with van der Waals surface area (Å²) in [4.78, 5) is 0. The number of halogens is 1. The van der Waals surface area contributed by atoms with E-state index in [9.17, 15) is 5.11 Å². The Morgan fingerprint density at radius 2 is 1.84 bits per heavy atom. The van der Waals surface area contributed by atoms with Crippen molar-refractivity contribution in [1.29, 1.82) is 0 Å². The highest BCUT2D eigenvalue weighted by molar-refractivity contribution is 9.10. The second-order valence-electron chi connectivity index (χ2n) is 4.77. The molecule has 0 saturated heterocycles. The maximum atomic E-state index is 9.49. The second-order valence-corrected chi connectivity index (χ2v) is 5.63. The van der Waals surface area contributed by atoms with E-state index in [2.05, 4.69) is 28.1 Å². The average Bonchev–Trinajstić information content (AvgIpc) is 2.40. The maximum Gasteiger partial charge on any atom is 0.115 e. The fraction of sp³-hybridized carbons (Fsp3) is 0.250. The monoisotopic (exact) mass is 319 g/mol. The zero-order chi connectivity index (χ0) is 13.7. The van der Waals surface area contributed by atoms with Crippen LogP contribution in [0.4, 0.5) is 0 Å². The lowest BCUT2D eigenvalue weighted by molar-refractivity contribution is 0.472. The molecule has 0 aliphatic carbocycles. The summed E-state index contributed by atoms with van der Waals surface area (Å²) in [5.74, 6) is 0.690. The molecule has 0 aromatic heterocycles. The summed E-state index contributed by atoms with van der Waals surface area (Å²) < 4.78 is 1.13. The molecule has 0 radical (unpaired) electrons. The normalized spacial score (nSPS) is 12.3. The van der Waals surface area contributed by atoms with Gasteiger partial charge in [0.2, 0.25) is 0 Å². The molecule has 100 valence electrons. The second kappa shape index (κ2) is 6.73. The van der Waals surface area contributed by atoms with E-state index in [0.29, 0.717) is 18.2 Å². The molecule has 3 heteroatoms. The van der Waals surface area contributed by atoms with E-state index in [1.54, 1.807) is 6.07 Å². The number of hydrogen-bond donors (Lipinski definition) is 2. The molecule has 1 atom stereocenters. The minimum absolute atomic E-state index is 0.314. The first-order valence-corrected chi connectivity index (χ1v) is 7.19. The van der Waals surface area contributed by atoms with E-state index in [0.717, 1.165) is 22.9 Å². The molecule has 0 fully saturated rings. The van der Waals surface area contributed by atoms with Crippen LogP contribution in [0, 0.1) is 5.92 Å². The summed E-state index contributed by atoms with van der Waals surface area (Å²) in [6.07, 6.45) is 1.82. The van der Waals surface area contributed by atoms with Gasteiger partial charge < -0.3 is 10.8 Å². The summed E-state index contributed by atoms with van der Waals surface area (Å²) in [7, 11) is 0.